The van der Waals surface area contributed by atoms with E-state index in [0.29, 0.717) is 12.0 Å². The van der Waals surface area contributed by atoms with Crippen LogP contribution in [0.2, 0.25) is 0 Å². The van der Waals surface area contributed by atoms with E-state index in [9.17, 15) is 0 Å². The van der Waals surface area contributed by atoms with E-state index in [2.05, 4.69) is 60.9 Å². The lowest BCUT2D eigenvalue weighted by atomic mass is 9.77. The molecule has 1 aliphatic carbocycles. The lowest BCUT2D eigenvalue weighted by Crippen LogP contribution is -2.24. The molecule has 0 heterocycles. The predicted molar refractivity (Wildman–Crippen MR) is 89.6 cm³/mol. The number of fused-ring (bicyclic) bond motifs is 1. The molecular weight excluding hydrogens is 282 g/mol. The molecule has 1 aliphatic rings. The van der Waals surface area contributed by atoms with E-state index >= 15 is 0 Å². The molecule has 0 aliphatic heterocycles. The maximum atomic E-state index is 5.25. The quantitative estimate of drug-likeness (QED) is 0.912. The third-order valence-corrected chi connectivity index (χ3v) is 4.36. The Balaban J connectivity index is 0.00000161. The maximum absolute atomic E-state index is 5.25. The molecule has 2 aromatic carbocycles. The second-order valence-electron chi connectivity index (χ2n) is 5.37. The van der Waals surface area contributed by atoms with E-state index in [1.807, 2.05) is 0 Å². The molecule has 3 heteroatoms. The van der Waals surface area contributed by atoms with Gasteiger partial charge >= 0.3 is 0 Å². The average molecular weight is 304 g/mol. The summed E-state index contributed by atoms with van der Waals surface area (Å²) in [7, 11) is 3.76. The molecule has 0 unspecified atom stereocenters. The molecule has 1 N–H and O–H groups in total. The Hall–Kier alpha value is -1.51. The molecule has 0 aromatic heterocycles. The summed E-state index contributed by atoms with van der Waals surface area (Å²) < 4.78 is 5.25. The number of halogens is 1. The number of benzene rings is 2. The third-order valence-electron chi connectivity index (χ3n) is 4.36. The Morgan fingerprint density at radius 1 is 0.952 bits per heavy atom. The maximum Gasteiger partial charge on any atom is 0.118 e. The highest BCUT2D eigenvalue weighted by atomic mass is 35.5. The van der Waals surface area contributed by atoms with E-state index in [1.54, 1.807) is 7.11 Å². The smallest absolute Gasteiger partial charge is 0.118 e. The summed E-state index contributed by atoms with van der Waals surface area (Å²) in [4.78, 5) is 0. The standard InChI is InChI=1S/C18H21NO.ClH/c1-19-18-12-11-15(16-5-3-4-6-17(16)18)13-7-9-14(20-2)10-8-13;/h3-10,15,18-19H,11-12H2,1-2H3;1H/t15-,18+;/m0./s1. The van der Waals surface area contributed by atoms with Crippen LogP contribution in [0.15, 0.2) is 48.5 Å². The first kappa shape index (κ1) is 15.9. The van der Waals surface area contributed by atoms with E-state index in [4.69, 9.17) is 4.74 Å². The molecule has 112 valence electrons. The van der Waals surface area contributed by atoms with E-state index in [1.165, 1.54) is 29.5 Å². The highest BCUT2D eigenvalue weighted by Crippen LogP contribution is 2.41. The van der Waals surface area contributed by atoms with Crippen LogP contribution in [0.1, 0.15) is 41.5 Å². The van der Waals surface area contributed by atoms with Gasteiger partial charge in [-0.15, -0.1) is 12.4 Å². The van der Waals surface area contributed by atoms with Gasteiger partial charge in [0, 0.05) is 12.0 Å². The van der Waals surface area contributed by atoms with Gasteiger partial charge in [-0.05, 0) is 48.7 Å². The van der Waals surface area contributed by atoms with Crippen molar-refractivity contribution in [2.24, 2.45) is 0 Å². The van der Waals surface area contributed by atoms with Crippen LogP contribution in [0.5, 0.6) is 5.75 Å². The fraction of sp³-hybridized carbons (Fsp3) is 0.333. The van der Waals surface area contributed by atoms with Crippen molar-refractivity contribution >= 4 is 12.4 Å². The molecule has 2 nitrogen and oxygen atoms in total. The SMILES string of the molecule is CN[C@@H]1CC[C@@H](c2ccc(OC)cc2)c2ccccc21.Cl. The van der Waals surface area contributed by atoms with Crippen molar-refractivity contribution in [1.29, 1.82) is 0 Å². The van der Waals surface area contributed by atoms with Crippen LogP contribution in [0, 0.1) is 0 Å². The van der Waals surface area contributed by atoms with Gasteiger partial charge in [0.15, 0.2) is 0 Å². The summed E-state index contributed by atoms with van der Waals surface area (Å²) in [5.74, 6) is 1.42. The highest BCUT2D eigenvalue weighted by molar-refractivity contribution is 5.85. The van der Waals surface area contributed by atoms with E-state index in [0.717, 1.165) is 5.75 Å². The van der Waals surface area contributed by atoms with Gasteiger partial charge in [0.25, 0.3) is 0 Å². The fourth-order valence-corrected chi connectivity index (χ4v) is 3.27. The van der Waals surface area contributed by atoms with Gasteiger partial charge in [-0.3, -0.25) is 0 Å². The van der Waals surface area contributed by atoms with Gasteiger partial charge in [-0.2, -0.15) is 0 Å². The molecular formula is C18H22ClNO. The zero-order valence-electron chi connectivity index (χ0n) is 12.5. The molecule has 0 fully saturated rings. The van der Waals surface area contributed by atoms with Crippen LogP contribution < -0.4 is 10.1 Å². The molecule has 0 saturated heterocycles. The lowest BCUT2D eigenvalue weighted by molar-refractivity contribution is 0.414. The van der Waals surface area contributed by atoms with Crippen molar-refractivity contribution in [2.45, 2.75) is 24.8 Å². The monoisotopic (exact) mass is 303 g/mol. The molecule has 21 heavy (non-hydrogen) atoms. The Kier molecular flexibility index (Phi) is 5.27. The van der Waals surface area contributed by atoms with Crippen LogP contribution in [0.4, 0.5) is 0 Å². The van der Waals surface area contributed by atoms with Crippen LogP contribution >= 0.6 is 12.4 Å². The van der Waals surface area contributed by atoms with Crippen molar-refractivity contribution < 1.29 is 4.74 Å². The van der Waals surface area contributed by atoms with Crippen molar-refractivity contribution in [2.75, 3.05) is 14.2 Å². The Labute approximate surface area is 132 Å². The summed E-state index contributed by atoms with van der Waals surface area (Å²) in [6, 6.07) is 17.8. The molecule has 0 saturated carbocycles. The average Bonchev–Trinajstić information content (AvgIpc) is 2.54. The van der Waals surface area contributed by atoms with Gasteiger partial charge in [-0.25, -0.2) is 0 Å². The predicted octanol–water partition coefficient (Wildman–Crippen LogP) is 4.30. The molecule has 0 bridgehead atoms. The van der Waals surface area contributed by atoms with Gasteiger partial charge < -0.3 is 10.1 Å². The lowest BCUT2D eigenvalue weighted by Gasteiger charge is -2.31. The van der Waals surface area contributed by atoms with Crippen molar-refractivity contribution in [3.05, 3.63) is 65.2 Å². The number of hydrogen-bond acceptors (Lipinski definition) is 2. The van der Waals surface area contributed by atoms with Crippen LogP contribution in [-0.2, 0) is 0 Å². The fourth-order valence-electron chi connectivity index (χ4n) is 3.27. The minimum absolute atomic E-state index is 0. The second-order valence-corrected chi connectivity index (χ2v) is 5.37. The summed E-state index contributed by atoms with van der Waals surface area (Å²) in [6.07, 6.45) is 2.37. The largest absolute Gasteiger partial charge is 0.497 e. The van der Waals surface area contributed by atoms with Crippen LogP contribution in [-0.4, -0.2) is 14.2 Å². The molecule has 3 rings (SSSR count). The van der Waals surface area contributed by atoms with Crippen molar-refractivity contribution in [3.63, 3.8) is 0 Å². The molecule has 0 amide bonds. The molecule has 2 atom stereocenters. The summed E-state index contributed by atoms with van der Waals surface area (Å²) >= 11 is 0. The molecule has 0 radical (unpaired) electrons. The number of hydrogen-bond donors (Lipinski definition) is 1. The molecule has 0 spiro atoms. The Bertz CT molecular complexity index is 582. The highest BCUT2D eigenvalue weighted by Gasteiger charge is 2.26. The minimum atomic E-state index is 0. The van der Waals surface area contributed by atoms with Gasteiger partial charge in [0.1, 0.15) is 5.75 Å². The topological polar surface area (TPSA) is 21.3 Å². The van der Waals surface area contributed by atoms with Crippen LogP contribution in [0.3, 0.4) is 0 Å². The normalized spacial score (nSPS) is 20.3. The van der Waals surface area contributed by atoms with Crippen molar-refractivity contribution in [1.82, 2.24) is 5.32 Å². The summed E-state index contributed by atoms with van der Waals surface area (Å²) in [5, 5.41) is 3.43. The number of nitrogens with one attached hydrogen (secondary N) is 1. The van der Waals surface area contributed by atoms with E-state index in [-0.39, 0.29) is 12.4 Å². The Morgan fingerprint density at radius 2 is 1.62 bits per heavy atom. The van der Waals surface area contributed by atoms with Crippen molar-refractivity contribution in [3.8, 4) is 5.75 Å². The molecule has 2 aromatic rings. The Morgan fingerprint density at radius 3 is 2.24 bits per heavy atom. The first-order valence-electron chi connectivity index (χ1n) is 7.23. The second kappa shape index (κ2) is 6.97. The first-order valence-corrected chi connectivity index (χ1v) is 7.23. The first-order chi connectivity index (χ1) is 9.83. The van der Waals surface area contributed by atoms with Gasteiger partial charge in [0.05, 0.1) is 7.11 Å². The number of rotatable bonds is 3. The zero-order chi connectivity index (χ0) is 13.9. The minimum Gasteiger partial charge on any atom is -0.497 e. The van der Waals surface area contributed by atoms with Gasteiger partial charge in [-0.1, -0.05) is 36.4 Å². The summed E-state index contributed by atoms with van der Waals surface area (Å²) in [5.41, 5.74) is 4.29. The summed E-state index contributed by atoms with van der Waals surface area (Å²) in [6.45, 7) is 0. The van der Waals surface area contributed by atoms with Gasteiger partial charge in [0.2, 0.25) is 0 Å². The third kappa shape index (κ3) is 3.07. The van der Waals surface area contributed by atoms with Crippen LogP contribution in [0.25, 0.3) is 0 Å². The number of methoxy groups -OCH3 is 1. The zero-order valence-corrected chi connectivity index (χ0v) is 13.3. The number of ether oxygens (including phenoxy) is 1. The van der Waals surface area contributed by atoms with E-state index < -0.39 is 0 Å².